The van der Waals surface area contributed by atoms with Crippen LogP contribution in [-0.4, -0.2) is 67.5 Å². The first-order chi connectivity index (χ1) is 16.9. The van der Waals surface area contributed by atoms with Gasteiger partial charge in [-0.25, -0.2) is 14.2 Å². The number of rotatable bonds is 7. The number of likely N-dealkylation sites (N-methyl/N-ethyl adjacent to an activating group) is 1. The normalized spacial score (nSPS) is 9.69. The van der Waals surface area contributed by atoms with Gasteiger partial charge in [-0.1, -0.05) is 11.6 Å². The van der Waals surface area contributed by atoms with Crippen LogP contribution < -0.4 is 5.32 Å². The molecule has 0 aliphatic heterocycles. The zero-order valence-corrected chi connectivity index (χ0v) is 20.6. The Hall–Kier alpha value is -3.63. The van der Waals surface area contributed by atoms with Crippen LogP contribution in [0.4, 0.5) is 19.4 Å². The van der Waals surface area contributed by atoms with Crippen LogP contribution in [0.1, 0.15) is 17.4 Å². The molecule has 0 saturated heterocycles. The number of aromatic nitrogens is 2. The van der Waals surface area contributed by atoms with Crippen molar-refractivity contribution in [1.82, 2.24) is 14.5 Å². The molecule has 2 aromatic carbocycles. The molecule has 2 amide bonds. The SMILES string of the molecule is CCOC.CF.CN(CC=O)C(=O)Nc1nc(-c2ccc(F)cc2)n(-c2ccc(Cl)cc2)c1C=O. The number of urea groups is 1. The van der Waals surface area contributed by atoms with E-state index in [0.717, 1.165) is 11.5 Å². The summed E-state index contributed by atoms with van der Waals surface area (Å²) in [6, 6.07) is 11.6. The summed E-state index contributed by atoms with van der Waals surface area (Å²) in [4.78, 5) is 40.3. The first-order valence-corrected chi connectivity index (χ1v) is 10.7. The van der Waals surface area contributed by atoms with E-state index in [1.165, 1.54) is 35.9 Å². The molecule has 0 radical (unpaired) electrons. The van der Waals surface area contributed by atoms with Gasteiger partial charge < -0.3 is 14.4 Å². The molecule has 0 saturated carbocycles. The van der Waals surface area contributed by atoms with E-state index < -0.39 is 11.8 Å². The maximum atomic E-state index is 13.4. The van der Waals surface area contributed by atoms with Crippen molar-refractivity contribution in [2.45, 2.75) is 6.92 Å². The summed E-state index contributed by atoms with van der Waals surface area (Å²) in [5.41, 5.74) is 1.19. The van der Waals surface area contributed by atoms with Crippen molar-refractivity contribution < 1.29 is 27.9 Å². The summed E-state index contributed by atoms with van der Waals surface area (Å²) < 4.78 is 28.9. The number of anilines is 1. The van der Waals surface area contributed by atoms with Crippen molar-refractivity contribution in [2.75, 3.05) is 39.8 Å². The molecule has 1 heterocycles. The molecular formula is C24H27ClF2N4O4. The van der Waals surface area contributed by atoms with Crippen LogP contribution in [0.2, 0.25) is 5.02 Å². The Kier molecular flexibility index (Phi) is 12.9. The molecule has 188 valence electrons. The summed E-state index contributed by atoms with van der Waals surface area (Å²) in [6.07, 6.45) is 1.14. The number of imidazole rings is 1. The fraction of sp³-hybridized carbons (Fsp3) is 0.250. The number of carbonyl (C=O) groups is 3. The number of hydrogen-bond acceptors (Lipinski definition) is 5. The van der Waals surface area contributed by atoms with E-state index in [9.17, 15) is 23.2 Å². The third kappa shape index (κ3) is 8.27. The van der Waals surface area contributed by atoms with Crippen molar-refractivity contribution in [2.24, 2.45) is 0 Å². The fourth-order valence-electron chi connectivity index (χ4n) is 2.67. The van der Waals surface area contributed by atoms with Gasteiger partial charge in [0.2, 0.25) is 0 Å². The zero-order valence-electron chi connectivity index (χ0n) is 19.8. The minimum atomic E-state index is -0.605. The van der Waals surface area contributed by atoms with Crippen molar-refractivity contribution >= 4 is 36.0 Å². The quantitative estimate of drug-likeness (QED) is 0.451. The number of benzene rings is 2. The highest BCUT2D eigenvalue weighted by Gasteiger charge is 2.22. The molecule has 0 atom stereocenters. The highest BCUT2D eigenvalue weighted by molar-refractivity contribution is 6.30. The Morgan fingerprint density at radius 2 is 1.71 bits per heavy atom. The maximum absolute atomic E-state index is 13.4. The number of nitrogens with one attached hydrogen (secondary N) is 1. The van der Waals surface area contributed by atoms with Gasteiger partial charge >= 0.3 is 6.03 Å². The van der Waals surface area contributed by atoms with Gasteiger partial charge in [0.05, 0.1) is 13.7 Å². The molecule has 0 unspecified atom stereocenters. The minimum absolute atomic E-state index is 0.0111. The van der Waals surface area contributed by atoms with Crippen LogP contribution in [0.15, 0.2) is 48.5 Å². The second-order valence-corrected chi connectivity index (χ2v) is 7.10. The highest BCUT2D eigenvalue weighted by Crippen LogP contribution is 2.29. The van der Waals surface area contributed by atoms with Gasteiger partial charge in [0.1, 0.15) is 23.6 Å². The minimum Gasteiger partial charge on any atom is -0.385 e. The molecule has 0 aliphatic carbocycles. The van der Waals surface area contributed by atoms with Gasteiger partial charge in [-0.05, 0) is 55.5 Å². The number of ether oxygens (including phenoxy) is 1. The standard InChI is InChI=1S/C20H16ClFN4O3.C3H8O.CH3F/c1-25(10-11-27)20(29)24-18-17(12-28)26(16-8-4-14(21)5-9-16)19(23-18)13-2-6-15(22)7-3-13;1-3-4-2;1-2/h2-9,11-12H,10H2,1H3,(H,24,29);3H2,1-2H3;1H3. The third-order valence-corrected chi connectivity index (χ3v) is 4.67. The van der Waals surface area contributed by atoms with Gasteiger partial charge in [0.15, 0.2) is 12.1 Å². The lowest BCUT2D eigenvalue weighted by Crippen LogP contribution is -2.33. The molecule has 0 bridgehead atoms. The Morgan fingerprint density at radius 3 is 2.20 bits per heavy atom. The van der Waals surface area contributed by atoms with E-state index >= 15 is 0 Å². The van der Waals surface area contributed by atoms with E-state index in [4.69, 9.17) is 11.6 Å². The molecule has 1 N–H and O–H groups in total. The lowest BCUT2D eigenvalue weighted by Gasteiger charge is -2.14. The van der Waals surface area contributed by atoms with E-state index in [1.54, 1.807) is 31.4 Å². The number of methoxy groups -OCH3 is 1. The van der Waals surface area contributed by atoms with E-state index in [1.807, 2.05) is 6.92 Å². The van der Waals surface area contributed by atoms with Crippen molar-refractivity contribution in [3.63, 3.8) is 0 Å². The summed E-state index contributed by atoms with van der Waals surface area (Å²) in [6.45, 7) is 2.66. The van der Waals surface area contributed by atoms with Crippen LogP contribution in [0.3, 0.4) is 0 Å². The highest BCUT2D eigenvalue weighted by atomic mass is 35.5. The molecule has 0 fully saturated rings. The predicted molar refractivity (Wildman–Crippen MR) is 132 cm³/mol. The number of carbonyl (C=O) groups excluding carboxylic acids is 3. The van der Waals surface area contributed by atoms with E-state index in [2.05, 4.69) is 15.0 Å². The largest absolute Gasteiger partial charge is 0.385 e. The van der Waals surface area contributed by atoms with E-state index in [0.29, 0.717) is 41.8 Å². The average Bonchev–Trinajstić information content (AvgIpc) is 3.24. The number of halogens is 3. The summed E-state index contributed by atoms with van der Waals surface area (Å²) in [5, 5.41) is 3.04. The van der Waals surface area contributed by atoms with Gasteiger partial charge in [0, 0.05) is 37.0 Å². The molecule has 35 heavy (non-hydrogen) atoms. The first-order valence-electron chi connectivity index (χ1n) is 10.3. The zero-order chi connectivity index (χ0) is 26.4. The van der Waals surface area contributed by atoms with Crippen LogP contribution in [-0.2, 0) is 9.53 Å². The average molecular weight is 509 g/mol. The van der Waals surface area contributed by atoms with Crippen LogP contribution in [0, 0.1) is 5.82 Å². The predicted octanol–water partition coefficient (Wildman–Crippen LogP) is 5.05. The Bertz CT molecular complexity index is 1090. The topological polar surface area (TPSA) is 93.5 Å². The molecule has 0 spiro atoms. The van der Waals surface area contributed by atoms with Crippen LogP contribution in [0.25, 0.3) is 17.1 Å². The maximum Gasteiger partial charge on any atom is 0.323 e. The molecule has 0 aliphatic rings. The van der Waals surface area contributed by atoms with Crippen molar-refractivity contribution in [3.8, 4) is 17.1 Å². The Morgan fingerprint density at radius 1 is 1.14 bits per heavy atom. The number of hydrogen-bond donors (Lipinski definition) is 1. The smallest absolute Gasteiger partial charge is 0.323 e. The number of nitrogens with zero attached hydrogens (tertiary/aromatic N) is 3. The molecule has 8 nitrogen and oxygen atoms in total. The monoisotopic (exact) mass is 508 g/mol. The van der Waals surface area contributed by atoms with Gasteiger partial charge in [-0.2, -0.15) is 0 Å². The van der Waals surface area contributed by atoms with Gasteiger partial charge in [0.25, 0.3) is 0 Å². The Balaban J connectivity index is 0.000000926. The van der Waals surface area contributed by atoms with E-state index in [-0.39, 0.29) is 18.1 Å². The molecule has 3 aromatic rings. The fourth-order valence-corrected chi connectivity index (χ4v) is 2.80. The van der Waals surface area contributed by atoms with Crippen molar-refractivity contribution in [1.29, 1.82) is 0 Å². The molecular weight excluding hydrogens is 482 g/mol. The van der Waals surface area contributed by atoms with Crippen LogP contribution >= 0.6 is 11.6 Å². The summed E-state index contributed by atoms with van der Waals surface area (Å²) in [7, 11) is 3.61. The van der Waals surface area contributed by atoms with Gasteiger partial charge in [-0.15, -0.1) is 0 Å². The van der Waals surface area contributed by atoms with Crippen molar-refractivity contribution in [3.05, 3.63) is 65.1 Å². The van der Waals surface area contributed by atoms with Gasteiger partial charge in [-0.3, -0.25) is 19.1 Å². The number of amides is 2. The number of aldehydes is 2. The summed E-state index contributed by atoms with van der Waals surface area (Å²) >= 11 is 5.96. The lowest BCUT2D eigenvalue weighted by molar-refractivity contribution is -0.108. The molecule has 11 heteroatoms. The third-order valence-electron chi connectivity index (χ3n) is 4.42. The second-order valence-electron chi connectivity index (χ2n) is 6.66. The number of alkyl halides is 1. The molecule has 3 rings (SSSR count). The Labute approximate surface area is 207 Å². The summed E-state index contributed by atoms with van der Waals surface area (Å²) in [5.74, 6) is -0.0854. The van der Waals surface area contributed by atoms with Crippen LogP contribution in [0.5, 0.6) is 0 Å². The molecule has 1 aromatic heterocycles. The second kappa shape index (κ2) is 15.3. The lowest BCUT2D eigenvalue weighted by atomic mass is 10.2. The first kappa shape index (κ1) is 29.4.